The lowest BCUT2D eigenvalue weighted by atomic mass is 10.1. The summed E-state index contributed by atoms with van der Waals surface area (Å²) in [4.78, 5) is 31.8. The van der Waals surface area contributed by atoms with Crippen molar-refractivity contribution < 1.29 is 14.3 Å². The van der Waals surface area contributed by atoms with Crippen molar-refractivity contribution in [3.05, 3.63) is 53.0 Å². The number of hydrogen-bond acceptors (Lipinski definition) is 5. The Morgan fingerprint density at radius 2 is 1.94 bits per heavy atom. The van der Waals surface area contributed by atoms with Crippen molar-refractivity contribution >= 4 is 23.1 Å². The molecule has 1 aromatic carbocycles. The zero-order valence-corrected chi connectivity index (χ0v) is 19.4. The van der Waals surface area contributed by atoms with Crippen LogP contribution < -0.4 is 10.1 Å². The molecule has 8 nitrogen and oxygen atoms in total. The number of para-hydroxylation sites is 2. The summed E-state index contributed by atoms with van der Waals surface area (Å²) in [6, 6.07) is 9.15. The minimum Gasteiger partial charge on any atom is -0.495 e. The quantitative estimate of drug-likeness (QED) is 0.554. The Hall–Kier alpha value is -3.42. The predicted molar refractivity (Wildman–Crippen MR) is 124 cm³/mol. The second-order valence-corrected chi connectivity index (χ2v) is 7.88. The lowest BCUT2D eigenvalue weighted by molar-refractivity contribution is -0.134. The number of carbonyl (C=O) groups is 2. The van der Waals surface area contributed by atoms with Crippen molar-refractivity contribution in [3.8, 4) is 5.75 Å². The largest absolute Gasteiger partial charge is 0.495 e. The molecule has 0 saturated heterocycles. The van der Waals surface area contributed by atoms with Gasteiger partial charge in [-0.25, -0.2) is 9.50 Å². The number of nitrogens with one attached hydrogen (secondary N) is 1. The van der Waals surface area contributed by atoms with Gasteiger partial charge in [0.2, 0.25) is 11.8 Å². The van der Waals surface area contributed by atoms with Crippen LogP contribution in [0.1, 0.15) is 42.4 Å². The average Bonchev–Trinajstić information content (AvgIpc) is 3.13. The summed E-state index contributed by atoms with van der Waals surface area (Å²) < 4.78 is 7.11. The van der Waals surface area contributed by atoms with Crippen LogP contribution in [0.5, 0.6) is 5.75 Å². The van der Waals surface area contributed by atoms with E-state index in [1.807, 2.05) is 50.4 Å². The molecule has 32 heavy (non-hydrogen) atoms. The van der Waals surface area contributed by atoms with Crippen LogP contribution in [0.15, 0.2) is 30.3 Å². The lowest BCUT2D eigenvalue weighted by Crippen LogP contribution is -2.38. The van der Waals surface area contributed by atoms with Gasteiger partial charge in [-0.05, 0) is 51.3 Å². The highest BCUT2D eigenvalue weighted by atomic mass is 16.5. The van der Waals surface area contributed by atoms with Crippen molar-refractivity contribution in [1.82, 2.24) is 19.5 Å². The van der Waals surface area contributed by atoms with E-state index in [-0.39, 0.29) is 18.4 Å². The normalized spacial score (nSPS) is 10.9. The Labute approximate surface area is 188 Å². The monoisotopic (exact) mass is 437 g/mol. The third kappa shape index (κ3) is 5.25. The van der Waals surface area contributed by atoms with Crippen LogP contribution in [0.2, 0.25) is 0 Å². The summed E-state index contributed by atoms with van der Waals surface area (Å²) in [5.74, 6) is 0.272. The Morgan fingerprint density at radius 3 is 2.66 bits per heavy atom. The highest BCUT2D eigenvalue weighted by Gasteiger charge is 2.19. The van der Waals surface area contributed by atoms with Gasteiger partial charge in [0.15, 0.2) is 5.65 Å². The van der Waals surface area contributed by atoms with Crippen molar-refractivity contribution in [2.45, 2.75) is 47.0 Å². The number of hydrogen-bond donors (Lipinski definition) is 1. The molecular formula is C24H31N5O3. The fourth-order valence-corrected chi connectivity index (χ4v) is 3.87. The molecule has 0 saturated carbocycles. The van der Waals surface area contributed by atoms with Crippen LogP contribution in [0.4, 0.5) is 5.69 Å². The van der Waals surface area contributed by atoms with Crippen molar-refractivity contribution in [2.75, 3.05) is 25.5 Å². The van der Waals surface area contributed by atoms with E-state index in [1.54, 1.807) is 24.1 Å². The number of nitrogens with zero attached hydrogens (tertiary/aromatic N) is 4. The molecule has 1 N–H and O–H groups in total. The molecule has 2 heterocycles. The smallest absolute Gasteiger partial charge is 0.244 e. The van der Waals surface area contributed by atoms with Crippen LogP contribution in [0.25, 0.3) is 5.65 Å². The fourth-order valence-electron chi connectivity index (χ4n) is 3.87. The maximum atomic E-state index is 13.0. The third-order valence-corrected chi connectivity index (χ3v) is 5.44. The van der Waals surface area contributed by atoms with Crippen LogP contribution in [-0.4, -0.2) is 51.5 Å². The van der Waals surface area contributed by atoms with E-state index in [1.165, 1.54) is 0 Å². The maximum Gasteiger partial charge on any atom is 0.244 e. The number of fused-ring (bicyclic) bond motifs is 1. The number of methoxy groups -OCH3 is 1. The first-order valence-corrected chi connectivity index (χ1v) is 10.9. The van der Waals surface area contributed by atoms with Gasteiger partial charge < -0.3 is 15.0 Å². The molecule has 0 aliphatic rings. The molecular weight excluding hydrogens is 406 g/mol. The molecule has 0 fully saturated rings. The molecule has 0 spiro atoms. The first kappa shape index (κ1) is 23.2. The number of ether oxygens (including phenoxy) is 1. The van der Waals surface area contributed by atoms with Crippen LogP contribution in [0.3, 0.4) is 0 Å². The van der Waals surface area contributed by atoms with Crippen molar-refractivity contribution in [3.63, 3.8) is 0 Å². The zero-order valence-electron chi connectivity index (χ0n) is 19.4. The van der Waals surface area contributed by atoms with Gasteiger partial charge in [-0.2, -0.15) is 5.10 Å². The van der Waals surface area contributed by atoms with Crippen LogP contribution in [0, 0.1) is 20.8 Å². The lowest BCUT2D eigenvalue weighted by Gasteiger charge is -2.22. The van der Waals surface area contributed by atoms with E-state index in [0.717, 1.165) is 34.7 Å². The molecule has 3 rings (SSSR count). The Balaban J connectivity index is 1.67. The van der Waals surface area contributed by atoms with Gasteiger partial charge in [0.25, 0.3) is 0 Å². The number of benzene rings is 1. The van der Waals surface area contributed by atoms with Gasteiger partial charge in [0, 0.05) is 30.4 Å². The number of carbonyl (C=O) groups excluding carboxylic acids is 2. The van der Waals surface area contributed by atoms with E-state index in [9.17, 15) is 9.59 Å². The molecule has 8 heteroatoms. The standard InChI is InChI=1S/C24H31N5O3/c1-6-13-28(15-23(30)26-20-9-7-8-10-21(20)32-5)24(31)12-11-19-17(3)25-22-14-16(2)27-29(22)18(19)4/h7-10,14H,6,11-13,15H2,1-5H3,(H,26,30). The fraction of sp³-hybridized carbons (Fsp3) is 0.417. The van der Waals surface area contributed by atoms with E-state index >= 15 is 0 Å². The Kier molecular flexibility index (Phi) is 7.45. The van der Waals surface area contributed by atoms with Gasteiger partial charge in [-0.3, -0.25) is 9.59 Å². The summed E-state index contributed by atoms with van der Waals surface area (Å²) >= 11 is 0. The second kappa shape index (κ2) is 10.3. The molecule has 0 aliphatic carbocycles. The van der Waals surface area contributed by atoms with E-state index in [0.29, 0.717) is 30.8 Å². The zero-order chi connectivity index (χ0) is 23.3. The summed E-state index contributed by atoms with van der Waals surface area (Å²) in [5.41, 5.74) is 5.22. The van der Waals surface area contributed by atoms with E-state index < -0.39 is 0 Å². The van der Waals surface area contributed by atoms with E-state index in [4.69, 9.17) is 4.74 Å². The molecule has 3 aromatic rings. The molecule has 2 amide bonds. The molecule has 0 bridgehead atoms. The van der Waals surface area contributed by atoms with Gasteiger partial charge in [0.1, 0.15) is 5.75 Å². The van der Waals surface area contributed by atoms with Gasteiger partial charge in [-0.1, -0.05) is 19.1 Å². The third-order valence-electron chi connectivity index (χ3n) is 5.44. The Bertz CT molecular complexity index is 1120. The van der Waals surface area contributed by atoms with Crippen LogP contribution >= 0.6 is 0 Å². The van der Waals surface area contributed by atoms with E-state index in [2.05, 4.69) is 15.4 Å². The predicted octanol–water partition coefficient (Wildman–Crippen LogP) is 3.47. The molecule has 170 valence electrons. The Morgan fingerprint density at radius 1 is 1.19 bits per heavy atom. The summed E-state index contributed by atoms with van der Waals surface area (Å²) in [7, 11) is 1.55. The highest BCUT2D eigenvalue weighted by Crippen LogP contribution is 2.23. The van der Waals surface area contributed by atoms with Gasteiger partial charge in [0.05, 0.1) is 25.0 Å². The molecule has 0 unspecified atom stereocenters. The molecule has 0 radical (unpaired) electrons. The first-order chi connectivity index (χ1) is 15.3. The van der Waals surface area contributed by atoms with Gasteiger partial charge >= 0.3 is 0 Å². The average molecular weight is 438 g/mol. The van der Waals surface area contributed by atoms with Gasteiger partial charge in [-0.15, -0.1) is 0 Å². The maximum absolute atomic E-state index is 13.0. The topological polar surface area (TPSA) is 88.8 Å². The highest BCUT2D eigenvalue weighted by molar-refractivity contribution is 5.95. The second-order valence-electron chi connectivity index (χ2n) is 7.88. The van der Waals surface area contributed by atoms with Crippen LogP contribution in [-0.2, 0) is 16.0 Å². The number of amides is 2. The number of anilines is 1. The number of aromatic nitrogens is 3. The molecule has 0 atom stereocenters. The summed E-state index contributed by atoms with van der Waals surface area (Å²) in [6.45, 7) is 8.40. The SMILES string of the molecule is CCCN(CC(=O)Nc1ccccc1OC)C(=O)CCc1c(C)nc2cc(C)nn2c1C. The number of aryl methyl sites for hydroxylation is 3. The number of rotatable bonds is 9. The minimum absolute atomic E-state index is 0.00166. The van der Waals surface area contributed by atoms with Crippen molar-refractivity contribution in [2.24, 2.45) is 0 Å². The minimum atomic E-state index is -0.251. The molecule has 0 aliphatic heterocycles. The first-order valence-electron chi connectivity index (χ1n) is 10.9. The summed E-state index contributed by atoms with van der Waals surface area (Å²) in [6.07, 6.45) is 1.62. The molecule has 2 aromatic heterocycles. The van der Waals surface area contributed by atoms with Crippen molar-refractivity contribution in [1.29, 1.82) is 0 Å². The summed E-state index contributed by atoms with van der Waals surface area (Å²) in [5, 5.41) is 7.34.